The van der Waals surface area contributed by atoms with Gasteiger partial charge in [0.15, 0.2) is 0 Å². The van der Waals surface area contributed by atoms with Crippen LogP contribution >= 0.6 is 0 Å². The molecule has 4 heteroatoms. The van der Waals surface area contributed by atoms with Crippen molar-refractivity contribution in [1.82, 2.24) is 0 Å². The summed E-state index contributed by atoms with van der Waals surface area (Å²) in [5.41, 5.74) is 0. The second-order valence-corrected chi connectivity index (χ2v) is 0.958. The number of hydrogen-bond acceptors (Lipinski definition) is 2. The van der Waals surface area contributed by atoms with Gasteiger partial charge in [0.25, 0.3) is 0 Å². The Morgan fingerprint density at radius 1 is 1.17 bits per heavy atom. The zero-order valence-electron chi connectivity index (χ0n) is 2.61. The topological polar surface area (TPSA) is 47.6 Å². The average molecular weight is 166 g/mol. The molecule has 0 bridgehead atoms. The van der Waals surface area contributed by atoms with Crippen molar-refractivity contribution < 1.29 is 31.8 Å². The first-order chi connectivity index (χ1) is 2.41. The third-order valence-corrected chi connectivity index (χ3v) is 0.307. The van der Waals surface area contributed by atoms with Gasteiger partial charge in [0.1, 0.15) is 0 Å². The van der Waals surface area contributed by atoms with Crippen LogP contribution in [0.1, 0.15) is 0 Å². The summed E-state index contributed by atoms with van der Waals surface area (Å²) in [5.74, 6) is 0. The Labute approximate surface area is 52.6 Å². The summed E-state index contributed by atoms with van der Waals surface area (Å²) in [5, 5.41) is 18.4. The molecule has 0 unspecified atom stereocenters. The fourth-order valence-electron chi connectivity index (χ4n) is 0.0167. The molecule has 0 spiro atoms. The van der Waals surface area contributed by atoms with Crippen molar-refractivity contribution in [2.75, 3.05) is 0 Å². The maximum absolute atomic E-state index is 7.58. The van der Waals surface area contributed by atoms with Crippen LogP contribution in [0, 0.1) is 20.5 Å². The first kappa shape index (κ1) is 9.38. The van der Waals surface area contributed by atoms with E-state index in [2.05, 4.69) is 0 Å². The van der Waals surface area contributed by atoms with E-state index in [4.69, 9.17) is 10.5 Å². The van der Waals surface area contributed by atoms with Gasteiger partial charge < -0.3 is 0 Å². The first-order valence-electron chi connectivity index (χ1n) is 0.781. The molecular formula is C2CoMnN2. The molecule has 0 heterocycles. The molecule has 0 saturated heterocycles. The van der Waals surface area contributed by atoms with Gasteiger partial charge in [0, 0.05) is 17.1 Å². The van der Waals surface area contributed by atoms with E-state index in [-0.39, 0.29) is 31.8 Å². The molecule has 0 atom stereocenters. The first-order valence-corrected chi connectivity index (χ1v) is 1.82. The number of hydrogen-bond donors (Lipinski definition) is 0. The SMILES string of the molecule is N#[C][Co][C]#N.[Mn]. The summed E-state index contributed by atoms with van der Waals surface area (Å²) in [6, 6.07) is 0. The molecule has 0 fully saturated rings. The van der Waals surface area contributed by atoms with Gasteiger partial charge in [0.2, 0.25) is 0 Å². The van der Waals surface area contributed by atoms with E-state index in [1.54, 1.807) is 10.0 Å². The molecule has 6 heavy (non-hydrogen) atoms. The minimum atomic E-state index is 0. The van der Waals surface area contributed by atoms with Crippen LogP contribution < -0.4 is 0 Å². The number of nitrogens with zero attached hydrogens (tertiary/aromatic N) is 2. The van der Waals surface area contributed by atoms with Crippen LogP contribution in [0.3, 0.4) is 0 Å². The van der Waals surface area contributed by atoms with Crippen LogP contribution in [0.4, 0.5) is 0 Å². The van der Waals surface area contributed by atoms with Crippen LogP contribution in [0.15, 0.2) is 0 Å². The summed E-state index contributed by atoms with van der Waals surface area (Å²) < 4.78 is 0. The van der Waals surface area contributed by atoms with Crippen molar-refractivity contribution in [2.45, 2.75) is 0 Å². The van der Waals surface area contributed by atoms with Crippen molar-refractivity contribution in [2.24, 2.45) is 0 Å². The summed E-state index contributed by atoms with van der Waals surface area (Å²) in [6.07, 6.45) is 0. The minimum Gasteiger partial charge on any atom is 0 e. The van der Waals surface area contributed by atoms with Crippen LogP contribution in [0.5, 0.6) is 0 Å². The maximum atomic E-state index is 7.58. The predicted octanol–water partition coefficient (Wildman–Crippen LogP) is 0.0286. The van der Waals surface area contributed by atoms with Gasteiger partial charge in [-0.05, 0) is 0 Å². The molecule has 0 aromatic rings. The molecule has 0 N–H and O–H groups in total. The van der Waals surface area contributed by atoms with E-state index >= 15 is 0 Å². The van der Waals surface area contributed by atoms with Crippen LogP contribution in [-0.2, 0) is 31.8 Å². The van der Waals surface area contributed by atoms with E-state index in [1.165, 1.54) is 0 Å². The van der Waals surface area contributed by atoms with E-state index in [0.717, 1.165) is 0 Å². The van der Waals surface area contributed by atoms with Crippen molar-refractivity contribution in [3.05, 3.63) is 0 Å². The maximum Gasteiger partial charge on any atom is 0 e. The van der Waals surface area contributed by atoms with E-state index in [1.807, 2.05) is 0 Å². The normalized spacial score (nSPS) is 4.33. The number of nitriles is 2. The third-order valence-electron chi connectivity index (χ3n) is 0.0745. The Hall–Kier alpha value is 0.00597. The van der Waals surface area contributed by atoms with Gasteiger partial charge in [-0.2, -0.15) is 0 Å². The average Bonchev–Trinajstić information content (AvgIpc) is 1.41. The largest absolute Gasteiger partial charge is 0 e. The van der Waals surface area contributed by atoms with Crippen molar-refractivity contribution >= 4 is 0 Å². The molecule has 0 aromatic carbocycles. The molecule has 1 radical (unpaired) electrons. The standard InChI is InChI=1S/2CN.Co.Mn/c2*1-2;;. The Bertz CT molecular complexity index is 76.7. The molecule has 0 aliphatic heterocycles. The summed E-state index contributed by atoms with van der Waals surface area (Å²) >= 11 is 0.215. The van der Waals surface area contributed by atoms with Crippen molar-refractivity contribution in [3.63, 3.8) is 0 Å². The summed E-state index contributed by atoms with van der Waals surface area (Å²) in [6.45, 7) is 0. The predicted molar refractivity (Wildman–Crippen MR) is 11.2 cm³/mol. The molecule has 0 amide bonds. The van der Waals surface area contributed by atoms with Gasteiger partial charge in [0.05, 0.1) is 0 Å². The zero-order chi connectivity index (χ0) is 4.12. The van der Waals surface area contributed by atoms with E-state index in [9.17, 15) is 0 Å². The van der Waals surface area contributed by atoms with Gasteiger partial charge in [-0.3, -0.25) is 0 Å². The molecular weight excluding hydrogens is 166 g/mol. The quantitative estimate of drug-likeness (QED) is 0.476. The Balaban J connectivity index is 0. The van der Waals surface area contributed by atoms with Gasteiger partial charge in [-0.1, -0.05) is 0 Å². The van der Waals surface area contributed by atoms with E-state index < -0.39 is 0 Å². The minimum absolute atomic E-state index is 0. The molecule has 0 aliphatic rings. The molecule has 0 aliphatic carbocycles. The molecule has 0 rings (SSSR count). The zero-order valence-corrected chi connectivity index (χ0v) is 4.83. The van der Waals surface area contributed by atoms with E-state index in [0.29, 0.717) is 0 Å². The van der Waals surface area contributed by atoms with Crippen LogP contribution in [0.2, 0.25) is 0 Å². The summed E-state index contributed by atoms with van der Waals surface area (Å²) in [7, 11) is 0. The molecule has 0 saturated carbocycles. The van der Waals surface area contributed by atoms with Crippen LogP contribution in [-0.4, -0.2) is 0 Å². The smallest absolute Gasteiger partial charge is 0 e. The third kappa shape index (κ3) is 9.00. The summed E-state index contributed by atoms with van der Waals surface area (Å²) in [4.78, 5) is 0. The Kier molecular flexibility index (Phi) is 13.9. The second kappa shape index (κ2) is 8.89. The van der Waals surface area contributed by atoms with Gasteiger partial charge in [-0.15, -0.1) is 0 Å². The fraction of sp³-hybridized carbons (Fsp3) is 0. The monoisotopic (exact) mass is 166 g/mol. The molecule has 34 valence electrons. The Morgan fingerprint density at radius 3 is 1.50 bits per heavy atom. The van der Waals surface area contributed by atoms with Gasteiger partial charge in [-0.25, -0.2) is 0 Å². The van der Waals surface area contributed by atoms with Crippen molar-refractivity contribution in [3.8, 4) is 10.0 Å². The van der Waals surface area contributed by atoms with Gasteiger partial charge >= 0.3 is 35.2 Å². The fourth-order valence-corrected chi connectivity index (χ4v) is 0.0687. The number of rotatable bonds is 0. The second-order valence-electron chi connectivity index (χ2n) is 0.232. The molecule has 0 aromatic heterocycles. The Morgan fingerprint density at radius 2 is 1.50 bits per heavy atom. The molecule has 2 nitrogen and oxygen atoms in total. The van der Waals surface area contributed by atoms with Crippen molar-refractivity contribution in [1.29, 1.82) is 10.5 Å². The van der Waals surface area contributed by atoms with Crippen LogP contribution in [0.25, 0.3) is 0 Å².